The molecule has 0 bridgehead atoms. The fourth-order valence-corrected chi connectivity index (χ4v) is 3.57. The number of halogens is 2. The number of hydrogen-bond donors (Lipinski definition) is 0. The van der Waals surface area contributed by atoms with Gasteiger partial charge < -0.3 is 9.47 Å². The number of carbonyl (C=O) groups excluding carboxylic acids is 2. The Morgan fingerprint density at radius 1 is 1.08 bits per heavy atom. The van der Waals surface area contributed by atoms with Crippen molar-refractivity contribution >= 4 is 12.1 Å². The zero-order chi connectivity index (χ0) is 20.1. The Kier molecular flexibility index (Phi) is 5.31. The van der Waals surface area contributed by atoms with Crippen LogP contribution >= 0.6 is 0 Å². The van der Waals surface area contributed by atoms with Gasteiger partial charge in [0, 0.05) is 6.54 Å². The first-order valence-corrected chi connectivity index (χ1v) is 8.98. The lowest BCUT2D eigenvalue weighted by Gasteiger charge is -2.33. The highest BCUT2D eigenvalue weighted by Crippen LogP contribution is 2.43. The third kappa shape index (κ3) is 4.45. The number of ether oxygens (including phenoxy) is 2. The fourth-order valence-electron chi connectivity index (χ4n) is 3.57. The molecule has 1 unspecified atom stereocenters. The Hall–Kier alpha value is -1.44. The van der Waals surface area contributed by atoms with Crippen LogP contribution in [0.2, 0.25) is 0 Å². The molecule has 2 rings (SSSR count). The van der Waals surface area contributed by atoms with Gasteiger partial charge in [0.15, 0.2) is 0 Å². The van der Waals surface area contributed by atoms with E-state index >= 15 is 0 Å². The molecule has 0 aromatic heterocycles. The van der Waals surface area contributed by atoms with Gasteiger partial charge in [-0.2, -0.15) is 0 Å². The minimum Gasteiger partial charge on any atom is -0.459 e. The number of alkyl halides is 2. The molecule has 150 valence electrons. The average Bonchev–Trinajstić information content (AvgIpc) is 2.94. The Morgan fingerprint density at radius 3 is 2.12 bits per heavy atom. The fraction of sp³-hybridized carbons (Fsp3) is 0.889. The molecule has 0 aromatic rings. The maximum Gasteiger partial charge on any atom is 0.410 e. The topological polar surface area (TPSA) is 59.1 Å². The first-order valence-electron chi connectivity index (χ1n) is 8.98. The van der Waals surface area contributed by atoms with Crippen molar-refractivity contribution in [3.63, 3.8) is 0 Å². The molecule has 0 N–H and O–H groups in total. The van der Waals surface area contributed by atoms with Gasteiger partial charge in [-0.15, -0.1) is 0 Å². The van der Waals surface area contributed by atoms with E-state index in [1.54, 1.807) is 48.5 Å². The van der Waals surface area contributed by atoms with Crippen molar-refractivity contribution in [3.8, 4) is 0 Å². The molecule has 2 heterocycles. The molecule has 8 heteroatoms. The van der Waals surface area contributed by atoms with Crippen molar-refractivity contribution in [2.24, 2.45) is 0 Å². The molecule has 2 aliphatic heterocycles. The number of amides is 1. The largest absolute Gasteiger partial charge is 0.459 e. The van der Waals surface area contributed by atoms with Crippen LogP contribution in [0.5, 0.6) is 0 Å². The van der Waals surface area contributed by atoms with E-state index in [2.05, 4.69) is 0 Å². The van der Waals surface area contributed by atoms with E-state index in [0.29, 0.717) is 13.0 Å². The summed E-state index contributed by atoms with van der Waals surface area (Å²) in [7, 11) is 0. The van der Waals surface area contributed by atoms with Gasteiger partial charge in [0.1, 0.15) is 17.2 Å². The summed E-state index contributed by atoms with van der Waals surface area (Å²) < 4.78 is 40.0. The second-order valence-electron chi connectivity index (χ2n) is 9.12. The quantitative estimate of drug-likeness (QED) is 0.694. The maximum atomic E-state index is 14.7. The first kappa shape index (κ1) is 20.9. The molecule has 2 saturated heterocycles. The Morgan fingerprint density at radius 2 is 1.62 bits per heavy atom. The number of rotatable bonds is 2. The van der Waals surface area contributed by atoms with Crippen molar-refractivity contribution in [3.05, 3.63) is 0 Å². The van der Waals surface area contributed by atoms with Crippen LogP contribution < -0.4 is 0 Å². The van der Waals surface area contributed by atoms with E-state index in [-0.39, 0.29) is 0 Å². The van der Waals surface area contributed by atoms with E-state index in [0.717, 1.165) is 4.90 Å². The molecule has 0 aromatic carbocycles. The number of nitrogens with zero attached hydrogens (tertiary/aromatic N) is 2. The zero-order valence-corrected chi connectivity index (χ0v) is 16.6. The lowest BCUT2D eigenvalue weighted by atomic mass is 10.1. The standard InChI is InChI=1S/C18H30F2N2O4/c1-11(14(23)25-16(2,3)4)21-9-8-12-13(21)18(19,20)10-22(12)15(24)26-17(5,6)7/h11-13H,8-10H2,1-7H3/t11?,12-,13+/m0/s1. The summed E-state index contributed by atoms with van der Waals surface area (Å²) in [5.41, 5.74) is -1.45. The van der Waals surface area contributed by atoms with Gasteiger partial charge in [0.2, 0.25) is 0 Å². The molecule has 1 amide bonds. The summed E-state index contributed by atoms with van der Waals surface area (Å²) in [5.74, 6) is -3.65. The molecule has 3 atom stereocenters. The number of carbonyl (C=O) groups is 2. The van der Waals surface area contributed by atoms with Crippen molar-refractivity contribution in [1.29, 1.82) is 0 Å². The molecular weight excluding hydrogens is 346 g/mol. The molecule has 0 spiro atoms. The lowest BCUT2D eigenvalue weighted by molar-refractivity contribution is -0.163. The summed E-state index contributed by atoms with van der Waals surface area (Å²) in [5, 5.41) is 0. The molecule has 0 saturated carbocycles. The highest BCUT2D eigenvalue weighted by molar-refractivity contribution is 5.76. The van der Waals surface area contributed by atoms with Gasteiger partial charge in [0.25, 0.3) is 5.92 Å². The molecule has 6 nitrogen and oxygen atoms in total. The number of hydrogen-bond acceptors (Lipinski definition) is 5. The summed E-state index contributed by atoms with van der Waals surface area (Å²) in [6.45, 7) is 11.5. The second kappa shape index (κ2) is 6.62. The molecule has 2 fully saturated rings. The highest BCUT2D eigenvalue weighted by atomic mass is 19.3. The van der Waals surface area contributed by atoms with Crippen LogP contribution in [0, 0.1) is 0 Å². The van der Waals surface area contributed by atoms with Crippen LogP contribution in [-0.4, -0.2) is 70.2 Å². The smallest absolute Gasteiger partial charge is 0.410 e. The van der Waals surface area contributed by atoms with Crippen molar-refractivity contribution in [2.75, 3.05) is 13.1 Å². The van der Waals surface area contributed by atoms with Gasteiger partial charge in [-0.1, -0.05) is 0 Å². The molecule has 0 radical (unpaired) electrons. The summed E-state index contributed by atoms with van der Waals surface area (Å²) in [6, 6.07) is -2.70. The van der Waals surface area contributed by atoms with Gasteiger partial charge in [0.05, 0.1) is 18.6 Å². The van der Waals surface area contributed by atoms with Crippen LogP contribution in [0.15, 0.2) is 0 Å². The highest BCUT2D eigenvalue weighted by Gasteiger charge is 2.62. The Bertz CT molecular complexity index is 569. The van der Waals surface area contributed by atoms with E-state index in [9.17, 15) is 18.4 Å². The number of esters is 1. The predicted octanol–water partition coefficient (Wildman–Crippen LogP) is 3.05. The van der Waals surface area contributed by atoms with Crippen molar-refractivity contribution in [1.82, 2.24) is 9.80 Å². The van der Waals surface area contributed by atoms with Crippen LogP contribution in [0.1, 0.15) is 54.9 Å². The summed E-state index contributed by atoms with van der Waals surface area (Å²) in [4.78, 5) is 27.3. The molecular formula is C18H30F2N2O4. The van der Waals surface area contributed by atoms with Crippen LogP contribution in [0.25, 0.3) is 0 Å². The molecule has 2 aliphatic rings. The number of likely N-dealkylation sites (tertiary alicyclic amines) is 2. The second-order valence-corrected chi connectivity index (χ2v) is 9.12. The van der Waals surface area contributed by atoms with Gasteiger partial charge in [-0.05, 0) is 54.9 Å². The minimum absolute atomic E-state index is 0.296. The number of fused-ring (bicyclic) bond motifs is 1. The maximum absolute atomic E-state index is 14.7. The minimum atomic E-state index is -3.12. The average molecular weight is 376 g/mol. The van der Waals surface area contributed by atoms with Crippen molar-refractivity contribution in [2.45, 2.75) is 90.1 Å². The van der Waals surface area contributed by atoms with Gasteiger partial charge >= 0.3 is 12.1 Å². The van der Waals surface area contributed by atoms with Crippen LogP contribution in [-0.2, 0) is 14.3 Å². The zero-order valence-electron chi connectivity index (χ0n) is 16.6. The normalized spacial score (nSPS) is 27.2. The monoisotopic (exact) mass is 376 g/mol. The Balaban J connectivity index is 2.17. The van der Waals surface area contributed by atoms with Crippen LogP contribution in [0.3, 0.4) is 0 Å². The first-order chi connectivity index (χ1) is 11.6. The van der Waals surface area contributed by atoms with Gasteiger partial charge in [-0.25, -0.2) is 13.6 Å². The van der Waals surface area contributed by atoms with E-state index in [4.69, 9.17) is 9.47 Å². The molecule has 26 heavy (non-hydrogen) atoms. The summed E-state index contributed by atoms with van der Waals surface area (Å²) in [6.07, 6.45) is -0.372. The summed E-state index contributed by atoms with van der Waals surface area (Å²) >= 11 is 0. The van der Waals surface area contributed by atoms with Crippen LogP contribution in [0.4, 0.5) is 13.6 Å². The third-order valence-electron chi connectivity index (χ3n) is 4.49. The lowest BCUT2D eigenvalue weighted by Crippen LogP contribution is -2.52. The predicted molar refractivity (Wildman–Crippen MR) is 92.1 cm³/mol. The van der Waals surface area contributed by atoms with E-state index in [1.807, 2.05) is 0 Å². The Labute approximate surface area is 153 Å². The molecule has 0 aliphatic carbocycles. The SMILES string of the molecule is CC(C(=O)OC(C)(C)C)N1CC[C@H]2[C@@H]1C(F)(F)CN2C(=O)OC(C)(C)C. The van der Waals surface area contributed by atoms with E-state index in [1.165, 1.54) is 4.90 Å². The van der Waals surface area contributed by atoms with E-state index < -0.39 is 53.9 Å². The van der Waals surface area contributed by atoms with Crippen molar-refractivity contribution < 1.29 is 27.8 Å². The van der Waals surface area contributed by atoms with Gasteiger partial charge in [-0.3, -0.25) is 14.6 Å². The third-order valence-corrected chi connectivity index (χ3v) is 4.49.